The van der Waals surface area contributed by atoms with Crippen LogP contribution in [0.25, 0.3) is 0 Å². The van der Waals surface area contributed by atoms with Crippen molar-refractivity contribution in [2.24, 2.45) is 4.99 Å². The van der Waals surface area contributed by atoms with Crippen molar-refractivity contribution in [2.75, 3.05) is 13.6 Å². The monoisotopic (exact) mass is 374 g/mol. The number of benzene rings is 1. The van der Waals surface area contributed by atoms with Crippen molar-refractivity contribution in [3.8, 4) is 6.07 Å². The molecule has 6 heteroatoms. The van der Waals surface area contributed by atoms with Gasteiger partial charge in [-0.05, 0) is 12.1 Å². The summed E-state index contributed by atoms with van der Waals surface area (Å²) >= 11 is 0. The van der Waals surface area contributed by atoms with E-state index < -0.39 is 5.82 Å². The molecule has 1 aromatic rings. The van der Waals surface area contributed by atoms with E-state index in [9.17, 15) is 4.39 Å². The highest BCUT2D eigenvalue weighted by Gasteiger charge is 2.04. The lowest BCUT2D eigenvalue weighted by Gasteiger charge is -2.10. The lowest BCUT2D eigenvalue weighted by atomic mass is 10.1. The molecule has 0 aliphatic carbocycles. The number of nitrogens with one attached hydrogen (secondary N) is 2. The second-order valence-electron chi connectivity index (χ2n) is 3.51. The molecule has 0 radical (unpaired) electrons. The first-order valence-electron chi connectivity index (χ1n) is 5.45. The molecule has 0 aliphatic rings. The van der Waals surface area contributed by atoms with E-state index in [1.165, 1.54) is 6.07 Å². The average Bonchev–Trinajstić information content (AvgIpc) is 2.40. The van der Waals surface area contributed by atoms with Gasteiger partial charge in [-0.15, -0.1) is 30.6 Å². The second-order valence-corrected chi connectivity index (χ2v) is 3.51. The van der Waals surface area contributed by atoms with E-state index in [0.717, 1.165) is 0 Å². The van der Waals surface area contributed by atoms with Gasteiger partial charge in [0, 0.05) is 25.7 Å². The molecule has 0 atom stereocenters. The molecule has 2 N–H and O–H groups in total. The van der Waals surface area contributed by atoms with Crippen molar-refractivity contribution in [3.05, 3.63) is 47.8 Å². The van der Waals surface area contributed by atoms with Gasteiger partial charge in [0.2, 0.25) is 0 Å². The number of rotatable bonds is 4. The topological polar surface area (TPSA) is 60.2 Å². The van der Waals surface area contributed by atoms with Gasteiger partial charge in [-0.2, -0.15) is 5.26 Å². The van der Waals surface area contributed by atoms with Gasteiger partial charge in [0.05, 0.1) is 11.6 Å². The third kappa shape index (κ3) is 5.70. The van der Waals surface area contributed by atoms with Crippen LogP contribution in [0.1, 0.15) is 11.1 Å². The van der Waals surface area contributed by atoms with Crippen molar-refractivity contribution in [3.63, 3.8) is 0 Å². The summed E-state index contributed by atoms with van der Waals surface area (Å²) in [7, 11) is 1.63. The summed E-state index contributed by atoms with van der Waals surface area (Å²) in [5.41, 5.74) is 0.793. The summed E-state index contributed by atoms with van der Waals surface area (Å²) in [4.78, 5) is 3.98. The van der Waals surface area contributed by atoms with Gasteiger partial charge in [0.1, 0.15) is 5.82 Å². The van der Waals surface area contributed by atoms with Crippen LogP contribution in [0, 0.1) is 17.1 Å². The standard InChI is InChI=1S/C13H15FN4.HI/c1-3-6-17-13(16-2)18-9-11-5-4-10(8-15)7-12(11)14;/h3-5,7H,1,6,9H2,2H3,(H2,16,17,18);1H. The predicted molar refractivity (Wildman–Crippen MR) is 84.9 cm³/mol. The molecule has 0 saturated carbocycles. The number of hydrogen-bond acceptors (Lipinski definition) is 2. The molecule has 0 unspecified atom stereocenters. The zero-order valence-electron chi connectivity index (χ0n) is 10.6. The number of halogens is 2. The van der Waals surface area contributed by atoms with Gasteiger partial charge < -0.3 is 10.6 Å². The maximum atomic E-state index is 13.6. The third-order valence-electron chi connectivity index (χ3n) is 2.27. The van der Waals surface area contributed by atoms with Crippen LogP contribution in [0.3, 0.4) is 0 Å². The number of hydrogen-bond donors (Lipinski definition) is 2. The van der Waals surface area contributed by atoms with Crippen LogP contribution in [-0.4, -0.2) is 19.6 Å². The predicted octanol–water partition coefficient (Wildman–Crippen LogP) is 2.17. The first kappa shape index (κ1) is 17.4. The molecule has 1 rings (SSSR count). The van der Waals surface area contributed by atoms with Gasteiger partial charge in [0.15, 0.2) is 5.96 Å². The largest absolute Gasteiger partial charge is 0.353 e. The van der Waals surface area contributed by atoms with Crippen molar-refractivity contribution >= 4 is 29.9 Å². The smallest absolute Gasteiger partial charge is 0.191 e. The zero-order valence-corrected chi connectivity index (χ0v) is 12.9. The van der Waals surface area contributed by atoms with Gasteiger partial charge >= 0.3 is 0 Å². The highest BCUT2D eigenvalue weighted by Crippen LogP contribution is 2.09. The molecular weight excluding hydrogens is 358 g/mol. The Morgan fingerprint density at radius 2 is 2.26 bits per heavy atom. The summed E-state index contributed by atoms with van der Waals surface area (Å²) in [6.07, 6.45) is 1.70. The van der Waals surface area contributed by atoms with Gasteiger partial charge in [-0.25, -0.2) is 4.39 Å². The summed E-state index contributed by atoms with van der Waals surface area (Å²) in [5.74, 6) is 0.166. The first-order chi connectivity index (χ1) is 8.71. The fraction of sp³-hybridized carbons (Fsp3) is 0.231. The fourth-order valence-corrected chi connectivity index (χ4v) is 1.33. The maximum Gasteiger partial charge on any atom is 0.191 e. The summed E-state index contributed by atoms with van der Waals surface area (Å²) < 4.78 is 13.6. The Morgan fingerprint density at radius 3 is 2.79 bits per heavy atom. The molecule has 0 fully saturated rings. The van der Waals surface area contributed by atoms with Gasteiger partial charge in [-0.1, -0.05) is 12.1 Å². The van der Waals surface area contributed by atoms with E-state index >= 15 is 0 Å². The lowest BCUT2D eigenvalue weighted by molar-refractivity contribution is 0.604. The van der Waals surface area contributed by atoms with Crippen LogP contribution in [-0.2, 0) is 6.54 Å². The van der Waals surface area contributed by atoms with Crippen molar-refractivity contribution in [1.82, 2.24) is 10.6 Å². The molecule has 0 saturated heterocycles. The minimum atomic E-state index is -0.402. The summed E-state index contributed by atoms with van der Waals surface area (Å²) in [6.45, 7) is 4.46. The van der Waals surface area contributed by atoms with Crippen LogP contribution in [0.5, 0.6) is 0 Å². The van der Waals surface area contributed by atoms with Crippen LogP contribution >= 0.6 is 24.0 Å². The van der Waals surface area contributed by atoms with Crippen molar-refractivity contribution < 1.29 is 4.39 Å². The van der Waals surface area contributed by atoms with Crippen LogP contribution in [0.2, 0.25) is 0 Å². The quantitative estimate of drug-likeness (QED) is 0.368. The lowest BCUT2D eigenvalue weighted by Crippen LogP contribution is -2.36. The third-order valence-corrected chi connectivity index (χ3v) is 2.27. The van der Waals surface area contributed by atoms with E-state index in [2.05, 4.69) is 22.2 Å². The van der Waals surface area contributed by atoms with E-state index in [4.69, 9.17) is 5.26 Å². The number of guanidine groups is 1. The van der Waals surface area contributed by atoms with Crippen molar-refractivity contribution in [1.29, 1.82) is 5.26 Å². The maximum absolute atomic E-state index is 13.6. The van der Waals surface area contributed by atoms with E-state index in [1.54, 1.807) is 25.3 Å². The molecule has 4 nitrogen and oxygen atoms in total. The summed E-state index contributed by atoms with van der Waals surface area (Å²) in [6, 6.07) is 6.28. The highest BCUT2D eigenvalue weighted by molar-refractivity contribution is 14.0. The Hall–Kier alpha value is -1.62. The molecule has 0 aromatic heterocycles. The molecule has 0 amide bonds. The Morgan fingerprint density at radius 1 is 1.53 bits per heavy atom. The highest BCUT2D eigenvalue weighted by atomic mass is 127. The summed E-state index contributed by atoms with van der Waals surface area (Å²) in [5, 5.41) is 14.6. The molecule has 0 bridgehead atoms. The first-order valence-corrected chi connectivity index (χ1v) is 5.45. The minimum Gasteiger partial charge on any atom is -0.353 e. The Kier molecular flexibility index (Phi) is 8.53. The van der Waals surface area contributed by atoms with Crippen molar-refractivity contribution in [2.45, 2.75) is 6.54 Å². The van der Waals surface area contributed by atoms with E-state index in [-0.39, 0.29) is 24.0 Å². The Balaban J connectivity index is 0.00000324. The van der Waals surface area contributed by atoms with Crippen LogP contribution in [0.15, 0.2) is 35.8 Å². The Bertz CT molecular complexity index is 494. The van der Waals surface area contributed by atoms with Crippen LogP contribution < -0.4 is 10.6 Å². The SMILES string of the molecule is C=CCNC(=NC)NCc1ccc(C#N)cc1F.I. The average molecular weight is 374 g/mol. The molecule has 0 heterocycles. The number of aliphatic imine (C=N–C) groups is 1. The Labute approximate surface area is 129 Å². The molecule has 19 heavy (non-hydrogen) atoms. The molecule has 0 spiro atoms. The molecule has 0 aliphatic heterocycles. The normalized spacial score (nSPS) is 10.1. The second kappa shape index (κ2) is 9.33. The van der Waals surface area contributed by atoms with E-state index in [0.29, 0.717) is 30.2 Å². The fourth-order valence-electron chi connectivity index (χ4n) is 1.33. The molecular formula is C13H16FIN4. The van der Waals surface area contributed by atoms with Crippen LogP contribution in [0.4, 0.5) is 4.39 Å². The number of nitriles is 1. The van der Waals surface area contributed by atoms with Gasteiger partial charge in [0.25, 0.3) is 0 Å². The molecule has 1 aromatic carbocycles. The minimum absolute atomic E-state index is 0. The van der Waals surface area contributed by atoms with E-state index in [1.807, 2.05) is 6.07 Å². The number of nitrogens with zero attached hydrogens (tertiary/aromatic N) is 2. The van der Waals surface area contributed by atoms with Gasteiger partial charge in [-0.3, -0.25) is 4.99 Å². The molecule has 102 valence electrons. The zero-order chi connectivity index (χ0) is 13.4.